The lowest BCUT2D eigenvalue weighted by Crippen LogP contribution is -2.34. The van der Waals surface area contributed by atoms with Crippen molar-refractivity contribution in [1.82, 2.24) is 4.90 Å². The number of halogens is 3. The first-order valence-corrected chi connectivity index (χ1v) is 10.6. The first-order valence-electron chi connectivity index (χ1n) is 9.60. The van der Waals surface area contributed by atoms with Gasteiger partial charge in [-0.15, -0.1) is 11.8 Å². The maximum atomic E-state index is 14.5. The summed E-state index contributed by atoms with van der Waals surface area (Å²) in [5.41, 5.74) is -0.104. The molecule has 29 heavy (non-hydrogen) atoms. The molecule has 8 heteroatoms. The minimum absolute atomic E-state index is 0.0502. The molecule has 0 saturated carbocycles. The predicted molar refractivity (Wildman–Crippen MR) is 106 cm³/mol. The number of aliphatic carboxylic acids is 1. The second-order valence-electron chi connectivity index (χ2n) is 7.20. The minimum atomic E-state index is -3.11. The average Bonchev–Trinajstić information content (AvgIpc) is 2.70. The Labute approximate surface area is 172 Å². The Kier molecular flexibility index (Phi) is 7.29. The van der Waals surface area contributed by atoms with Crippen molar-refractivity contribution in [2.24, 2.45) is 5.92 Å². The van der Waals surface area contributed by atoms with Gasteiger partial charge in [0.15, 0.2) is 0 Å². The van der Waals surface area contributed by atoms with Crippen LogP contribution in [0.1, 0.15) is 24.8 Å². The highest BCUT2D eigenvalue weighted by atomic mass is 32.2. The Morgan fingerprint density at radius 2 is 1.93 bits per heavy atom. The molecule has 1 fully saturated rings. The minimum Gasteiger partial charge on any atom is -0.478 e. The smallest absolute Gasteiger partial charge is 0.338 e. The van der Waals surface area contributed by atoms with Gasteiger partial charge in [0.25, 0.3) is 5.92 Å². The molecule has 0 bridgehead atoms. The summed E-state index contributed by atoms with van der Waals surface area (Å²) >= 11 is 1.14. The third kappa shape index (κ3) is 5.79. The molecule has 158 valence electrons. The van der Waals surface area contributed by atoms with Gasteiger partial charge in [-0.05, 0) is 37.0 Å². The van der Waals surface area contributed by atoms with Crippen LogP contribution in [0.3, 0.4) is 0 Å². The van der Waals surface area contributed by atoms with Gasteiger partial charge in [0, 0.05) is 44.0 Å². The summed E-state index contributed by atoms with van der Waals surface area (Å²) < 4.78 is 47.3. The van der Waals surface area contributed by atoms with Crippen LogP contribution in [0.5, 0.6) is 0 Å². The van der Waals surface area contributed by atoms with Gasteiger partial charge in [-0.2, -0.15) is 0 Å². The number of rotatable bonds is 8. The van der Waals surface area contributed by atoms with Crippen LogP contribution in [0.15, 0.2) is 47.0 Å². The Balaban J connectivity index is 1.67. The Morgan fingerprint density at radius 1 is 1.24 bits per heavy atom. The normalized spacial score (nSPS) is 18.4. The molecule has 1 aromatic rings. The summed E-state index contributed by atoms with van der Waals surface area (Å²) in [5, 5.41) is 10.1. The summed E-state index contributed by atoms with van der Waals surface area (Å²) in [5.74, 6) is -4.30. The van der Waals surface area contributed by atoms with Crippen molar-refractivity contribution in [2.45, 2.75) is 25.2 Å². The molecule has 0 amide bonds. The van der Waals surface area contributed by atoms with Crippen LogP contribution >= 0.6 is 11.8 Å². The predicted octanol–water partition coefficient (Wildman–Crippen LogP) is 4.64. The molecular weight excluding hydrogens is 403 g/mol. The third-order valence-corrected chi connectivity index (χ3v) is 6.26. The van der Waals surface area contributed by atoms with E-state index >= 15 is 0 Å². The molecule has 4 nitrogen and oxygen atoms in total. The lowest BCUT2D eigenvalue weighted by atomic mass is 9.99. The number of carboxylic acids is 1. The van der Waals surface area contributed by atoms with E-state index in [-0.39, 0.29) is 16.9 Å². The van der Waals surface area contributed by atoms with E-state index in [9.17, 15) is 23.1 Å². The number of hydrogen-bond acceptors (Lipinski definition) is 4. The van der Waals surface area contributed by atoms with Crippen molar-refractivity contribution < 1.29 is 27.8 Å². The SMILES string of the molecule is O=C(O)C1=C(SCCC(F)(F)c2ccc(F)cc2)N(CC2CCOCC2)CC=C1. The highest BCUT2D eigenvalue weighted by Gasteiger charge is 2.32. The molecule has 0 aliphatic carbocycles. The summed E-state index contributed by atoms with van der Waals surface area (Å²) in [6.07, 6.45) is 4.68. The van der Waals surface area contributed by atoms with Crippen LogP contribution < -0.4 is 0 Å². The van der Waals surface area contributed by atoms with Crippen molar-refractivity contribution in [3.05, 3.63) is 58.4 Å². The maximum absolute atomic E-state index is 14.5. The Hall–Kier alpha value is -1.93. The number of thioether (sulfide) groups is 1. The van der Waals surface area contributed by atoms with Gasteiger partial charge in [-0.25, -0.2) is 18.0 Å². The van der Waals surface area contributed by atoms with Gasteiger partial charge < -0.3 is 14.7 Å². The van der Waals surface area contributed by atoms with Crippen molar-refractivity contribution in [3.63, 3.8) is 0 Å². The number of alkyl halides is 2. The van der Waals surface area contributed by atoms with E-state index < -0.39 is 24.1 Å². The van der Waals surface area contributed by atoms with E-state index in [2.05, 4.69) is 0 Å². The fourth-order valence-corrected chi connectivity index (χ4v) is 4.66. The summed E-state index contributed by atoms with van der Waals surface area (Å²) in [6.45, 7) is 2.62. The number of carbonyl (C=O) groups is 1. The Morgan fingerprint density at radius 3 is 2.59 bits per heavy atom. The Bertz CT molecular complexity index is 774. The molecule has 1 aromatic carbocycles. The zero-order valence-electron chi connectivity index (χ0n) is 16.0. The van der Waals surface area contributed by atoms with Crippen LogP contribution in [-0.4, -0.2) is 48.0 Å². The number of hydrogen-bond donors (Lipinski definition) is 1. The maximum Gasteiger partial charge on any atom is 0.338 e. The molecular formula is C21H24F3NO3S. The summed E-state index contributed by atoms with van der Waals surface area (Å²) in [6, 6.07) is 4.21. The van der Waals surface area contributed by atoms with Gasteiger partial charge in [-0.1, -0.05) is 18.2 Å². The average molecular weight is 427 g/mol. The van der Waals surface area contributed by atoms with Crippen molar-refractivity contribution in [3.8, 4) is 0 Å². The third-order valence-electron chi connectivity index (χ3n) is 5.10. The topological polar surface area (TPSA) is 49.8 Å². The number of carboxylic acid groups (broad SMARTS) is 1. The summed E-state index contributed by atoms with van der Waals surface area (Å²) in [4.78, 5) is 13.6. The molecule has 0 unspecified atom stereocenters. The van der Waals surface area contributed by atoms with Crippen LogP contribution in [0.4, 0.5) is 13.2 Å². The van der Waals surface area contributed by atoms with Crippen LogP contribution in [0.25, 0.3) is 0 Å². The molecule has 2 heterocycles. The van der Waals surface area contributed by atoms with E-state index in [1.54, 1.807) is 12.2 Å². The highest BCUT2D eigenvalue weighted by molar-refractivity contribution is 8.03. The van der Waals surface area contributed by atoms with Gasteiger partial charge in [0.1, 0.15) is 5.82 Å². The molecule has 1 saturated heterocycles. The van der Waals surface area contributed by atoms with Gasteiger partial charge >= 0.3 is 5.97 Å². The summed E-state index contributed by atoms with van der Waals surface area (Å²) in [7, 11) is 0. The van der Waals surface area contributed by atoms with Crippen molar-refractivity contribution >= 4 is 17.7 Å². The fourth-order valence-electron chi connectivity index (χ4n) is 3.47. The molecule has 0 radical (unpaired) electrons. The molecule has 0 aromatic heterocycles. The zero-order chi connectivity index (χ0) is 20.9. The first-order chi connectivity index (χ1) is 13.9. The quantitative estimate of drug-likeness (QED) is 0.655. The van der Waals surface area contributed by atoms with Crippen LogP contribution in [-0.2, 0) is 15.5 Å². The van der Waals surface area contributed by atoms with Crippen molar-refractivity contribution in [2.75, 3.05) is 32.1 Å². The second kappa shape index (κ2) is 9.71. The van der Waals surface area contributed by atoms with Gasteiger partial charge in [0.05, 0.1) is 10.6 Å². The van der Waals surface area contributed by atoms with Gasteiger partial charge in [0.2, 0.25) is 0 Å². The van der Waals surface area contributed by atoms with E-state index in [0.717, 1.165) is 48.9 Å². The molecule has 2 aliphatic rings. The van der Waals surface area contributed by atoms with Crippen LogP contribution in [0.2, 0.25) is 0 Å². The zero-order valence-corrected chi connectivity index (χ0v) is 16.8. The number of ether oxygens (including phenoxy) is 1. The fraction of sp³-hybridized carbons (Fsp3) is 0.476. The lowest BCUT2D eigenvalue weighted by molar-refractivity contribution is -0.132. The highest BCUT2D eigenvalue weighted by Crippen LogP contribution is 2.36. The number of benzene rings is 1. The van der Waals surface area contributed by atoms with E-state index in [4.69, 9.17) is 4.74 Å². The molecule has 1 N–H and O–H groups in total. The first kappa shape index (κ1) is 21.8. The van der Waals surface area contributed by atoms with Gasteiger partial charge in [-0.3, -0.25) is 0 Å². The lowest BCUT2D eigenvalue weighted by Gasteiger charge is -2.34. The molecule has 3 rings (SSSR count). The molecule has 0 atom stereocenters. The standard InChI is InChI=1S/C21H24F3NO3S/c22-17-5-3-16(4-6-17)21(23,24)9-13-29-19-18(20(26)27)2-1-10-25(19)14-15-7-11-28-12-8-15/h1-6,15H,7-14H2,(H,26,27). The monoisotopic (exact) mass is 427 g/mol. The molecule has 2 aliphatic heterocycles. The van der Waals surface area contributed by atoms with E-state index in [1.807, 2.05) is 4.90 Å². The second-order valence-corrected chi connectivity index (χ2v) is 8.28. The van der Waals surface area contributed by atoms with Crippen LogP contribution in [0, 0.1) is 11.7 Å². The van der Waals surface area contributed by atoms with E-state index in [1.165, 1.54) is 0 Å². The van der Waals surface area contributed by atoms with E-state index in [0.29, 0.717) is 37.3 Å². The largest absolute Gasteiger partial charge is 0.478 e. The number of nitrogens with zero attached hydrogens (tertiary/aromatic N) is 1. The molecule has 0 spiro atoms. The van der Waals surface area contributed by atoms with Crippen molar-refractivity contribution in [1.29, 1.82) is 0 Å².